The van der Waals surface area contributed by atoms with Crippen LogP contribution < -0.4 is 5.32 Å². The molecule has 166 valence electrons. The molecule has 1 aliphatic heterocycles. The zero-order chi connectivity index (χ0) is 22.0. The van der Waals surface area contributed by atoms with Crippen LogP contribution in [0, 0.1) is 5.92 Å². The fraction of sp³-hybridized carbons (Fsp3) is 0.565. The van der Waals surface area contributed by atoms with E-state index in [0.717, 1.165) is 42.7 Å². The summed E-state index contributed by atoms with van der Waals surface area (Å²) in [6, 6.07) is 7.52. The Morgan fingerprint density at radius 3 is 2.74 bits per heavy atom. The first-order valence-electron chi connectivity index (χ1n) is 11.0. The molecule has 8 heteroatoms. The number of nitrogens with zero attached hydrogens (tertiary/aromatic N) is 3. The predicted octanol–water partition coefficient (Wildman–Crippen LogP) is 3.87. The quantitative estimate of drug-likeness (QED) is 0.704. The molecule has 7 nitrogen and oxygen atoms in total. The van der Waals surface area contributed by atoms with Crippen molar-refractivity contribution < 1.29 is 14.3 Å². The van der Waals surface area contributed by atoms with E-state index in [2.05, 4.69) is 29.4 Å². The number of anilines is 1. The largest absolute Gasteiger partial charge is 0.383 e. The number of ether oxygens (including phenoxy) is 1. The van der Waals surface area contributed by atoms with Crippen molar-refractivity contribution in [3.05, 3.63) is 40.4 Å². The molecule has 4 rings (SSSR count). The third kappa shape index (κ3) is 4.11. The minimum absolute atomic E-state index is 0.00580. The van der Waals surface area contributed by atoms with Crippen LogP contribution in [0.2, 0.25) is 0 Å². The number of benzene rings is 1. The number of hydrogen-bond acceptors (Lipinski definition) is 6. The molecule has 1 aromatic carbocycles. The second-order valence-corrected chi connectivity index (χ2v) is 9.93. The summed E-state index contributed by atoms with van der Waals surface area (Å²) in [6.45, 7) is 5.19. The summed E-state index contributed by atoms with van der Waals surface area (Å²) in [5, 5.41) is 12.9. The molecule has 1 aliphatic carbocycles. The van der Waals surface area contributed by atoms with E-state index in [-0.39, 0.29) is 11.8 Å². The van der Waals surface area contributed by atoms with E-state index < -0.39 is 11.5 Å². The average molecular weight is 443 g/mol. The van der Waals surface area contributed by atoms with Gasteiger partial charge in [-0.25, -0.2) is 0 Å². The normalized spacial score (nSPS) is 19.8. The van der Waals surface area contributed by atoms with E-state index >= 15 is 0 Å². The highest BCUT2D eigenvalue weighted by atomic mass is 32.1. The third-order valence-electron chi connectivity index (χ3n) is 6.35. The maximum absolute atomic E-state index is 13.7. The first kappa shape index (κ1) is 21.9. The predicted molar refractivity (Wildman–Crippen MR) is 120 cm³/mol. The van der Waals surface area contributed by atoms with Crippen LogP contribution in [0.5, 0.6) is 0 Å². The number of rotatable bonds is 7. The maximum Gasteiger partial charge on any atom is 0.254 e. The van der Waals surface area contributed by atoms with Crippen molar-refractivity contribution in [3.8, 4) is 0 Å². The van der Waals surface area contributed by atoms with Gasteiger partial charge in [-0.2, -0.15) is 0 Å². The molecule has 0 radical (unpaired) electrons. The Morgan fingerprint density at radius 2 is 2.03 bits per heavy atom. The molecule has 1 fully saturated rings. The van der Waals surface area contributed by atoms with E-state index in [9.17, 15) is 9.59 Å². The van der Waals surface area contributed by atoms with Gasteiger partial charge >= 0.3 is 0 Å². The summed E-state index contributed by atoms with van der Waals surface area (Å²) in [7, 11) is 1.64. The van der Waals surface area contributed by atoms with Crippen LogP contribution in [0.3, 0.4) is 0 Å². The molecule has 1 saturated carbocycles. The van der Waals surface area contributed by atoms with E-state index in [1.54, 1.807) is 7.11 Å². The van der Waals surface area contributed by atoms with Gasteiger partial charge in [0.05, 0.1) is 18.1 Å². The van der Waals surface area contributed by atoms with Crippen molar-refractivity contribution in [3.63, 3.8) is 0 Å². The molecule has 2 amide bonds. The fourth-order valence-corrected chi connectivity index (χ4v) is 6.04. The summed E-state index contributed by atoms with van der Waals surface area (Å²) in [6.07, 6.45) is 4.45. The topological polar surface area (TPSA) is 84.4 Å². The van der Waals surface area contributed by atoms with Gasteiger partial charge in [0.2, 0.25) is 11.0 Å². The smallest absolute Gasteiger partial charge is 0.254 e. The number of fused-ring (bicyclic) bond motifs is 1. The van der Waals surface area contributed by atoms with Crippen molar-refractivity contribution >= 4 is 28.3 Å². The molecule has 2 aromatic rings. The average Bonchev–Trinajstić information content (AvgIpc) is 3.38. The first-order chi connectivity index (χ1) is 15.0. The molecule has 1 atom stereocenters. The Kier molecular flexibility index (Phi) is 6.39. The molecule has 0 unspecified atom stereocenters. The Morgan fingerprint density at radius 1 is 1.29 bits per heavy atom. The lowest BCUT2D eigenvalue weighted by Gasteiger charge is -2.50. The first-order valence-corrected chi connectivity index (χ1v) is 11.8. The van der Waals surface area contributed by atoms with Gasteiger partial charge in [-0.05, 0) is 30.4 Å². The second-order valence-electron chi connectivity index (χ2n) is 8.87. The van der Waals surface area contributed by atoms with Gasteiger partial charge in [0, 0.05) is 25.6 Å². The fourth-order valence-electron chi connectivity index (χ4n) is 5.09. The van der Waals surface area contributed by atoms with Gasteiger partial charge in [0.15, 0.2) is 0 Å². The van der Waals surface area contributed by atoms with Crippen LogP contribution >= 0.6 is 11.3 Å². The molecule has 2 heterocycles. The molecule has 31 heavy (non-hydrogen) atoms. The molecule has 1 N–H and O–H groups in total. The zero-order valence-electron chi connectivity index (χ0n) is 18.4. The highest BCUT2D eigenvalue weighted by molar-refractivity contribution is 7.15. The van der Waals surface area contributed by atoms with Crippen molar-refractivity contribution in [2.75, 3.05) is 25.6 Å². The number of aromatic nitrogens is 2. The van der Waals surface area contributed by atoms with Crippen LogP contribution in [0.1, 0.15) is 66.4 Å². The molecule has 0 saturated heterocycles. The Balaban J connectivity index is 1.70. The minimum Gasteiger partial charge on any atom is -0.383 e. The molecule has 1 spiro atoms. The molecular weight excluding hydrogens is 412 g/mol. The SMILES string of the molecule is COCCN1C(=O)c2ccccc2[C@H](C(=O)Nc2nnc(CC(C)C)s2)C12CCCC2. The van der Waals surface area contributed by atoms with Crippen molar-refractivity contribution in [1.82, 2.24) is 15.1 Å². The van der Waals surface area contributed by atoms with Crippen molar-refractivity contribution in [1.29, 1.82) is 0 Å². The highest BCUT2D eigenvalue weighted by Gasteiger charge is 2.55. The lowest BCUT2D eigenvalue weighted by Crippen LogP contribution is -2.60. The van der Waals surface area contributed by atoms with Crippen molar-refractivity contribution in [2.45, 2.75) is 57.4 Å². The standard InChI is InChI=1S/C23H30N4O3S/c1-15(2)14-18-25-26-22(31-18)24-20(28)19-16-8-4-5-9-17(16)21(29)27(12-13-30-3)23(19)10-6-7-11-23/h4-5,8-9,15,19H,6-7,10-14H2,1-3H3,(H,24,26,28)/t19-/m1/s1. The highest BCUT2D eigenvalue weighted by Crippen LogP contribution is 2.50. The van der Waals surface area contributed by atoms with Crippen LogP contribution in [-0.4, -0.2) is 52.7 Å². The van der Waals surface area contributed by atoms with Gasteiger partial charge < -0.3 is 9.64 Å². The Labute approximate surface area is 187 Å². The molecule has 1 aromatic heterocycles. The number of hydrogen-bond donors (Lipinski definition) is 1. The number of carbonyl (C=O) groups is 2. The summed E-state index contributed by atoms with van der Waals surface area (Å²) < 4.78 is 5.30. The van der Waals surface area contributed by atoms with Gasteiger partial charge in [-0.1, -0.05) is 56.2 Å². The van der Waals surface area contributed by atoms with Gasteiger partial charge in [-0.3, -0.25) is 14.9 Å². The number of methoxy groups -OCH3 is 1. The van der Waals surface area contributed by atoms with Crippen LogP contribution in [0.4, 0.5) is 5.13 Å². The lowest BCUT2D eigenvalue weighted by molar-refractivity contribution is -0.121. The Bertz CT molecular complexity index is 952. The second kappa shape index (κ2) is 9.04. The molecule has 0 bridgehead atoms. The van der Waals surface area contributed by atoms with Gasteiger partial charge in [0.25, 0.3) is 5.91 Å². The summed E-state index contributed by atoms with van der Waals surface area (Å²) in [5.74, 6) is -0.0905. The summed E-state index contributed by atoms with van der Waals surface area (Å²) in [4.78, 5) is 29.0. The monoisotopic (exact) mass is 442 g/mol. The lowest BCUT2D eigenvalue weighted by atomic mass is 9.71. The van der Waals surface area contributed by atoms with Gasteiger partial charge in [-0.15, -0.1) is 10.2 Å². The number of nitrogens with one attached hydrogen (secondary N) is 1. The summed E-state index contributed by atoms with van der Waals surface area (Å²) in [5.41, 5.74) is 0.890. The van der Waals surface area contributed by atoms with Gasteiger partial charge in [0.1, 0.15) is 5.01 Å². The molecule has 2 aliphatic rings. The van der Waals surface area contributed by atoms with E-state index in [1.807, 2.05) is 29.2 Å². The van der Waals surface area contributed by atoms with Crippen molar-refractivity contribution in [2.24, 2.45) is 5.92 Å². The van der Waals surface area contributed by atoms with E-state index in [4.69, 9.17) is 4.74 Å². The zero-order valence-corrected chi connectivity index (χ0v) is 19.2. The number of carbonyl (C=O) groups excluding carboxylic acids is 2. The van der Waals surface area contributed by atoms with E-state index in [0.29, 0.717) is 29.8 Å². The maximum atomic E-state index is 13.7. The van der Waals surface area contributed by atoms with Crippen LogP contribution in [0.15, 0.2) is 24.3 Å². The minimum atomic E-state index is -0.528. The third-order valence-corrected chi connectivity index (χ3v) is 7.21. The summed E-state index contributed by atoms with van der Waals surface area (Å²) >= 11 is 1.43. The number of amides is 2. The van der Waals surface area contributed by atoms with Crippen LogP contribution in [-0.2, 0) is 16.0 Å². The van der Waals surface area contributed by atoms with Crippen LogP contribution in [0.25, 0.3) is 0 Å². The molecular formula is C23H30N4O3S. The van der Waals surface area contributed by atoms with E-state index in [1.165, 1.54) is 11.3 Å². The Hall–Kier alpha value is -2.32.